The van der Waals surface area contributed by atoms with Crippen LogP contribution in [0.1, 0.15) is 11.7 Å². The maximum Gasteiger partial charge on any atom is 0.244 e. The van der Waals surface area contributed by atoms with Gasteiger partial charge >= 0.3 is 0 Å². The molecule has 4 nitrogen and oxygen atoms in total. The summed E-state index contributed by atoms with van der Waals surface area (Å²) < 4.78 is 47.2. The molecule has 8 heteroatoms. The fraction of sp³-hybridized carbons (Fsp3) is 0.250. The topological polar surface area (TPSA) is 46.6 Å². The molecule has 0 aliphatic carbocycles. The van der Waals surface area contributed by atoms with Crippen LogP contribution in [0, 0.1) is 5.82 Å². The van der Waals surface area contributed by atoms with Gasteiger partial charge in [-0.1, -0.05) is 28.1 Å². The van der Waals surface area contributed by atoms with E-state index < -0.39 is 16.1 Å². The fourth-order valence-electron chi connectivity index (χ4n) is 2.54. The van der Waals surface area contributed by atoms with Crippen molar-refractivity contribution in [3.63, 3.8) is 0 Å². The molecule has 1 fully saturated rings. The van der Waals surface area contributed by atoms with Gasteiger partial charge in [0.15, 0.2) is 0 Å². The normalized spacial score (nSPS) is 19.4. The van der Waals surface area contributed by atoms with Gasteiger partial charge in [0.25, 0.3) is 0 Å². The van der Waals surface area contributed by atoms with Gasteiger partial charge in [0.05, 0.1) is 17.6 Å². The van der Waals surface area contributed by atoms with Crippen molar-refractivity contribution in [2.75, 3.05) is 19.7 Å². The highest BCUT2D eigenvalue weighted by molar-refractivity contribution is 9.11. The predicted octanol–water partition coefficient (Wildman–Crippen LogP) is 4.11. The molecule has 24 heavy (non-hydrogen) atoms. The molecule has 2 aromatic carbocycles. The minimum Gasteiger partial charge on any atom is -0.371 e. The molecule has 2 aromatic rings. The predicted molar refractivity (Wildman–Crippen MR) is 95.7 cm³/mol. The molecular weight excluding hydrogens is 465 g/mol. The van der Waals surface area contributed by atoms with Gasteiger partial charge in [-0.25, -0.2) is 12.8 Å². The second-order valence-electron chi connectivity index (χ2n) is 5.35. The quantitative estimate of drug-likeness (QED) is 0.666. The van der Waals surface area contributed by atoms with Gasteiger partial charge in [-0.3, -0.25) is 0 Å². The molecule has 1 aliphatic rings. The van der Waals surface area contributed by atoms with Crippen molar-refractivity contribution in [2.45, 2.75) is 11.0 Å². The average molecular weight is 479 g/mol. The summed E-state index contributed by atoms with van der Waals surface area (Å²) in [5, 5.41) is 0. The molecule has 0 spiro atoms. The van der Waals surface area contributed by atoms with Crippen molar-refractivity contribution >= 4 is 41.9 Å². The fourth-order valence-corrected chi connectivity index (χ4v) is 5.43. The monoisotopic (exact) mass is 477 g/mol. The third-order valence-corrected chi connectivity index (χ3v) is 7.13. The number of rotatable bonds is 3. The minimum absolute atomic E-state index is 0.187. The summed E-state index contributed by atoms with van der Waals surface area (Å²) >= 11 is 6.61. The number of morpholine rings is 1. The van der Waals surface area contributed by atoms with Crippen LogP contribution in [0.15, 0.2) is 56.3 Å². The summed E-state index contributed by atoms with van der Waals surface area (Å²) in [6.45, 7) is 0.749. The largest absolute Gasteiger partial charge is 0.371 e. The Labute approximate surface area is 156 Å². The van der Waals surface area contributed by atoms with Crippen LogP contribution in [-0.2, 0) is 14.8 Å². The minimum atomic E-state index is -3.66. The lowest BCUT2D eigenvalue weighted by Crippen LogP contribution is -2.42. The van der Waals surface area contributed by atoms with E-state index >= 15 is 0 Å². The smallest absolute Gasteiger partial charge is 0.244 e. The summed E-state index contributed by atoms with van der Waals surface area (Å²) in [5.74, 6) is -0.336. The van der Waals surface area contributed by atoms with Crippen LogP contribution in [0.2, 0.25) is 0 Å². The van der Waals surface area contributed by atoms with Gasteiger partial charge in [0.1, 0.15) is 5.82 Å². The third-order valence-electron chi connectivity index (χ3n) is 3.78. The Morgan fingerprint density at radius 2 is 1.83 bits per heavy atom. The highest BCUT2D eigenvalue weighted by Crippen LogP contribution is 2.31. The van der Waals surface area contributed by atoms with Gasteiger partial charge in [0.2, 0.25) is 10.0 Å². The lowest BCUT2D eigenvalue weighted by atomic mass is 10.1. The van der Waals surface area contributed by atoms with Gasteiger partial charge in [-0.2, -0.15) is 4.31 Å². The average Bonchev–Trinajstić information content (AvgIpc) is 2.58. The number of ether oxygens (including phenoxy) is 1. The van der Waals surface area contributed by atoms with Gasteiger partial charge in [0, 0.05) is 22.0 Å². The maximum atomic E-state index is 13.1. The van der Waals surface area contributed by atoms with E-state index in [0.717, 1.165) is 5.56 Å². The lowest BCUT2D eigenvalue weighted by Gasteiger charge is -2.32. The first-order valence-corrected chi connectivity index (χ1v) is 10.2. The van der Waals surface area contributed by atoms with E-state index in [1.165, 1.54) is 16.4 Å². The van der Waals surface area contributed by atoms with Crippen molar-refractivity contribution in [1.29, 1.82) is 0 Å². The zero-order valence-corrected chi connectivity index (χ0v) is 16.4. The molecule has 0 N–H and O–H groups in total. The first-order chi connectivity index (χ1) is 11.4. The van der Waals surface area contributed by atoms with E-state index in [2.05, 4.69) is 31.9 Å². The second-order valence-corrected chi connectivity index (χ2v) is 9.03. The van der Waals surface area contributed by atoms with Crippen LogP contribution in [0.4, 0.5) is 4.39 Å². The summed E-state index contributed by atoms with van der Waals surface area (Å²) in [6, 6.07) is 10.9. The molecule has 1 heterocycles. The Hall–Kier alpha value is -0.800. The standard InChI is InChI=1S/C16H14Br2FNO3S/c17-12-3-6-14(18)16(9-12)24(21,22)20-7-8-23-15(10-20)11-1-4-13(19)5-2-11/h1-6,9,15H,7-8,10H2. The maximum absolute atomic E-state index is 13.1. The molecule has 0 bridgehead atoms. The summed E-state index contributed by atoms with van der Waals surface area (Å²) in [6.07, 6.45) is -0.417. The molecule has 0 saturated carbocycles. The SMILES string of the molecule is O=S(=O)(c1cc(Br)ccc1Br)N1CCOC(c2ccc(F)cc2)C1. The number of nitrogens with zero attached hydrogens (tertiary/aromatic N) is 1. The van der Waals surface area contributed by atoms with E-state index in [1.54, 1.807) is 30.3 Å². The zero-order valence-electron chi connectivity index (χ0n) is 12.5. The molecule has 0 radical (unpaired) electrons. The number of hydrogen-bond donors (Lipinski definition) is 0. The van der Waals surface area contributed by atoms with E-state index in [9.17, 15) is 12.8 Å². The van der Waals surface area contributed by atoms with Crippen LogP contribution < -0.4 is 0 Å². The summed E-state index contributed by atoms with van der Waals surface area (Å²) in [7, 11) is -3.66. The molecule has 0 aromatic heterocycles. The number of benzene rings is 2. The summed E-state index contributed by atoms with van der Waals surface area (Å²) in [5.41, 5.74) is 0.754. The van der Waals surface area contributed by atoms with Crippen LogP contribution in [0.3, 0.4) is 0 Å². The van der Waals surface area contributed by atoms with Gasteiger partial charge in [-0.15, -0.1) is 0 Å². The van der Waals surface area contributed by atoms with E-state index in [-0.39, 0.29) is 30.4 Å². The van der Waals surface area contributed by atoms with E-state index in [1.807, 2.05) is 0 Å². The van der Waals surface area contributed by atoms with Gasteiger partial charge in [-0.05, 0) is 51.8 Å². The Bertz CT molecular complexity index is 843. The molecule has 0 amide bonds. The third kappa shape index (κ3) is 3.72. The number of sulfonamides is 1. The van der Waals surface area contributed by atoms with Crippen molar-refractivity contribution in [2.24, 2.45) is 0 Å². The van der Waals surface area contributed by atoms with Crippen molar-refractivity contribution in [1.82, 2.24) is 4.31 Å². The molecular formula is C16H14Br2FNO3S. The van der Waals surface area contributed by atoms with Gasteiger partial charge < -0.3 is 4.74 Å². The second kappa shape index (κ2) is 7.21. The Morgan fingerprint density at radius 3 is 2.54 bits per heavy atom. The van der Waals surface area contributed by atoms with Crippen LogP contribution in [0.5, 0.6) is 0 Å². The Balaban J connectivity index is 1.88. The number of halogens is 3. The zero-order chi connectivity index (χ0) is 17.3. The Kier molecular flexibility index (Phi) is 5.41. The molecule has 1 saturated heterocycles. The Morgan fingerprint density at radius 1 is 1.12 bits per heavy atom. The van der Waals surface area contributed by atoms with E-state index in [0.29, 0.717) is 8.95 Å². The van der Waals surface area contributed by atoms with Crippen LogP contribution >= 0.6 is 31.9 Å². The summed E-state index contributed by atoms with van der Waals surface area (Å²) in [4.78, 5) is 0.205. The van der Waals surface area contributed by atoms with Crippen molar-refractivity contribution in [3.05, 3.63) is 62.8 Å². The highest BCUT2D eigenvalue weighted by Gasteiger charge is 2.32. The molecule has 3 rings (SSSR count). The van der Waals surface area contributed by atoms with Crippen molar-refractivity contribution < 1.29 is 17.5 Å². The van der Waals surface area contributed by atoms with E-state index in [4.69, 9.17) is 4.74 Å². The van der Waals surface area contributed by atoms with Crippen LogP contribution in [-0.4, -0.2) is 32.4 Å². The molecule has 1 aliphatic heterocycles. The molecule has 128 valence electrons. The first kappa shape index (κ1) is 18.0. The molecule has 1 unspecified atom stereocenters. The van der Waals surface area contributed by atoms with Crippen molar-refractivity contribution in [3.8, 4) is 0 Å². The highest BCUT2D eigenvalue weighted by atomic mass is 79.9. The first-order valence-electron chi connectivity index (χ1n) is 7.20. The molecule has 1 atom stereocenters. The lowest BCUT2D eigenvalue weighted by molar-refractivity contribution is -0.00259. The van der Waals surface area contributed by atoms with Crippen LogP contribution in [0.25, 0.3) is 0 Å². The number of hydrogen-bond acceptors (Lipinski definition) is 3.